The Morgan fingerprint density at radius 2 is 2.17 bits per heavy atom. The van der Waals surface area contributed by atoms with E-state index in [0.717, 1.165) is 6.54 Å². The molecule has 2 rings (SSSR count). The third kappa shape index (κ3) is 3.23. The summed E-state index contributed by atoms with van der Waals surface area (Å²) in [6, 6.07) is 9.86. The maximum Gasteiger partial charge on any atom is 0.0473 e. The van der Waals surface area contributed by atoms with E-state index in [4.69, 9.17) is 5.73 Å². The van der Waals surface area contributed by atoms with Gasteiger partial charge in [-0.1, -0.05) is 12.1 Å². The van der Waals surface area contributed by atoms with Gasteiger partial charge in [0.2, 0.25) is 0 Å². The summed E-state index contributed by atoms with van der Waals surface area (Å²) in [6.07, 6.45) is 2.11. The molecule has 1 fully saturated rings. The molecule has 1 aromatic rings. The molecule has 2 nitrogen and oxygen atoms in total. The summed E-state index contributed by atoms with van der Waals surface area (Å²) in [5, 5.41) is 0. The minimum atomic E-state index is 0.372. The lowest BCUT2D eigenvalue weighted by Crippen LogP contribution is -2.45. The van der Waals surface area contributed by atoms with E-state index < -0.39 is 0 Å². The highest BCUT2D eigenvalue weighted by Gasteiger charge is 2.26. The highest BCUT2D eigenvalue weighted by atomic mass is 32.2. The van der Waals surface area contributed by atoms with Crippen LogP contribution in [0.15, 0.2) is 29.2 Å². The van der Waals surface area contributed by atoms with Crippen molar-refractivity contribution < 1.29 is 0 Å². The van der Waals surface area contributed by atoms with Crippen LogP contribution in [0.5, 0.6) is 0 Å². The molecule has 0 bridgehead atoms. The lowest BCUT2D eigenvalue weighted by atomic mass is 10.0. The molecule has 2 atom stereocenters. The van der Waals surface area contributed by atoms with Gasteiger partial charge in [0, 0.05) is 41.6 Å². The lowest BCUT2D eigenvalue weighted by Gasteiger charge is -2.39. The van der Waals surface area contributed by atoms with E-state index in [-0.39, 0.29) is 0 Å². The first kappa shape index (κ1) is 14.3. The molecule has 1 aliphatic heterocycles. The number of hydrogen-bond donors (Lipinski definition) is 1. The highest BCUT2D eigenvalue weighted by Crippen LogP contribution is 2.28. The van der Waals surface area contributed by atoms with E-state index in [1.54, 1.807) is 11.8 Å². The van der Waals surface area contributed by atoms with Gasteiger partial charge in [0.25, 0.3) is 0 Å². The molecule has 0 saturated carbocycles. The largest absolute Gasteiger partial charge is 0.329 e. The van der Waals surface area contributed by atoms with Gasteiger partial charge in [0.1, 0.15) is 0 Å². The van der Waals surface area contributed by atoms with E-state index in [9.17, 15) is 0 Å². The second-order valence-corrected chi connectivity index (χ2v) is 6.72. The fraction of sp³-hybridized carbons (Fsp3) is 0.571. The van der Waals surface area contributed by atoms with E-state index in [2.05, 4.69) is 54.1 Å². The van der Waals surface area contributed by atoms with Crippen molar-refractivity contribution in [2.75, 3.05) is 30.9 Å². The average molecular weight is 282 g/mol. The summed E-state index contributed by atoms with van der Waals surface area (Å²) in [5.41, 5.74) is 7.37. The number of hydrogen-bond acceptors (Lipinski definition) is 4. The Bertz CT molecular complexity index is 367. The lowest BCUT2D eigenvalue weighted by molar-refractivity contribution is 0.166. The second kappa shape index (κ2) is 6.85. The molecule has 2 unspecified atom stereocenters. The minimum absolute atomic E-state index is 0.372. The molecule has 0 aliphatic carbocycles. The van der Waals surface area contributed by atoms with Crippen LogP contribution >= 0.6 is 23.5 Å². The Morgan fingerprint density at radius 1 is 1.44 bits per heavy atom. The van der Waals surface area contributed by atoms with E-state index in [1.807, 2.05) is 0 Å². The number of rotatable bonds is 4. The van der Waals surface area contributed by atoms with Crippen molar-refractivity contribution in [2.45, 2.75) is 23.9 Å². The fourth-order valence-electron chi connectivity index (χ4n) is 2.49. The van der Waals surface area contributed by atoms with E-state index >= 15 is 0 Å². The van der Waals surface area contributed by atoms with Gasteiger partial charge in [-0.05, 0) is 30.9 Å². The maximum atomic E-state index is 6.01. The average Bonchev–Trinajstić information content (AvgIpc) is 2.42. The van der Waals surface area contributed by atoms with Crippen molar-refractivity contribution in [2.24, 2.45) is 5.73 Å². The van der Waals surface area contributed by atoms with Crippen LogP contribution in [0, 0.1) is 0 Å². The van der Waals surface area contributed by atoms with Crippen molar-refractivity contribution >= 4 is 23.5 Å². The third-order valence-corrected chi connectivity index (χ3v) is 5.48. The van der Waals surface area contributed by atoms with E-state index in [0.29, 0.717) is 18.6 Å². The van der Waals surface area contributed by atoms with Crippen LogP contribution in [0.3, 0.4) is 0 Å². The van der Waals surface area contributed by atoms with Gasteiger partial charge in [-0.2, -0.15) is 11.8 Å². The van der Waals surface area contributed by atoms with Gasteiger partial charge in [0.15, 0.2) is 0 Å². The molecule has 0 aromatic heterocycles. The Kier molecular flexibility index (Phi) is 5.42. The predicted octanol–water partition coefficient (Wildman–Crippen LogP) is 2.85. The molecule has 1 aliphatic rings. The van der Waals surface area contributed by atoms with E-state index in [1.165, 1.54) is 22.0 Å². The molecular weight excluding hydrogens is 260 g/mol. The molecule has 1 aromatic carbocycles. The summed E-state index contributed by atoms with van der Waals surface area (Å²) < 4.78 is 0. The Hall–Kier alpha value is -0.160. The maximum absolute atomic E-state index is 6.01. The zero-order chi connectivity index (χ0) is 13.0. The summed E-state index contributed by atoms with van der Waals surface area (Å²) in [6.45, 7) is 4.16. The second-order valence-electron chi connectivity index (χ2n) is 4.69. The first-order chi connectivity index (χ1) is 8.76. The minimum Gasteiger partial charge on any atom is -0.329 e. The van der Waals surface area contributed by atoms with Crippen molar-refractivity contribution in [1.82, 2.24) is 4.90 Å². The topological polar surface area (TPSA) is 29.3 Å². The van der Waals surface area contributed by atoms with Crippen molar-refractivity contribution in [3.8, 4) is 0 Å². The first-order valence-corrected chi connectivity index (χ1v) is 8.81. The predicted molar refractivity (Wildman–Crippen MR) is 83.5 cm³/mol. The number of nitrogens with two attached hydrogens (primary N) is 1. The van der Waals surface area contributed by atoms with Gasteiger partial charge in [-0.25, -0.2) is 0 Å². The molecule has 100 valence electrons. The van der Waals surface area contributed by atoms with Crippen LogP contribution in [0.25, 0.3) is 0 Å². The Morgan fingerprint density at radius 3 is 2.72 bits per heavy atom. The monoisotopic (exact) mass is 282 g/mol. The number of nitrogens with zero attached hydrogens (tertiary/aromatic N) is 1. The molecule has 1 heterocycles. The summed E-state index contributed by atoms with van der Waals surface area (Å²) >= 11 is 3.83. The third-order valence-electron chi connectivity index (χ3n) is 3.54. The SMILES string of the molecule is CSc1ccc(C(CN)N2CCSCC2C)cc1. The molecule has 0 amide bonds. The van der Waals surface area contributed by atoms with Crippen LogP contribution in [0.1, 0.15) is 18.5 Å². The molecule has 0 radical (unpaired) electrons. The standard InChI is InChI=1S/C14H22N2S2/c1-11-10-18-8-7-16(11)14(9-15)12-3-5-13(17-2)6-4-12/h3-6,11,14H,7-10,15H2,1-2H3. The summed E-state index contributed by atoms with van der Waals surface area (Å²) in [7, 11) is 0. The zero-order valence-electron chi connectivity index (χ0n) is 11.1. The molecular formula is C14H22N2S2. The van der Waals surface area contributed by atoms with Gasteiger partial charge in [-0.3, -0.25) is 4.90 Å². The summed E-state index contributed by atoms with van der Waals surface area (Å²) in [5.74, 6) is 2.45. The van der Waals surface area contributed by atoms with Crippen LogP contribution < -0.4 is 5.73 Å². The molecule has 2 N–H and O–H groups in total. The fourth-order valence-corrected chi connectivity index (χ4v) is 3.94. The van der Waals surface area contributed by atoms with Gasteiger partial charge in [-0.15, -0.1) is 11.8 Å². The summed E-state index contributed by atoms with van der Waals surface area (Å²) in [4.78, 5) is 3.88. The Balaban J connectivity index is 2.15. The molecule has 4 heteroatoms. The van der Waals surface area contributed by atoms with Crippen LogP contribution in [0.2, 0.25) is 0 Å². The Labute approximate surface area is 119 Å². The normalized spacial score (nSPS) is 22.9. The highest BCUT2D eigenvalue weighted by molar-refractivity contribution is 7.99. The van der Waals surface area contributed by atoms with Crippen LogP contribution in [-0.2, 0) is 0 Å². The van der Waals surface area contributed by atoms with Crippen LogP contribution in [-0.4, -0.2) is 41.8 Å². The molecule has 0 spiro atoms. The van der Waals surface area contributed by atoms with Gasteiger partial charge in [0.05, 0.1) is 0 Å². The first-order valence-electron chi connectivity index (χ1n) is 6.43. The van der Waals surface area contributed by atoms with Crippen LogP contribution in [0.4, 0.5) is 0 Å². The van der Waals surface area contributed by atoms with Crippen molar-refractivity contribution in [3.05, 3.63) is 29.8 Å². The molecule has 18 heavy (non-hydrogen) atoms. The molecule has 1 saturated heterocycles. The van der Waals surface area contributed by atoms with Crippen molar-refractivity contribution in [3.63, 3.8) is 0 Å². The van der Waals surface area contributed by atoms with Gasteiger partial charge >= 0.3 is 0 Å². The smallest absolute Gasteiger partial charge is 0.0473 e. The van der Waals surface area contributed by atoms with Crippen molar-refractivity contribution in [1.29, 1.82) is 0 Å². The quantitative estimate of drug-likeness (QED) is 0.860. The number of benzene rings is 1. The number of thioether (sulfide) groups is 2. The zero-order valence-corrected chi connectivity index (χ0v) is 12.8. The van der Waals surface area contributed by atoms with Gasteiger partial charge < -0.3 is 5.73 Å².